The second-order valence-electron chi connectivity index (χ2n) is 5.30. The van der Waals surface area contributed by atoms with Crippen LogP contribution < -0.4 is 15.0 Å². The number of carbonyl (C=O) groups excluding carboxylic acids is 1. The summed E-state index contributed by atoms with van der Waals surface area (Å²) in [5, 5.41) is 8.94. The first-order valence-corrected chi connectivity index (χ1v) is 8.59. The number of rotatable bonds is 4. The first-order chi connectivity index (χ1) is 12.6. The van der Waals surface area contributed by atoms with E-state index in [4.69, 9.17) is 4.89 Å². The summed E-state index contributed by atoms with van der Waals surface area (Å²) in [6, 6.07) is 5.91. The highest BCUT2D eigenvalue weighted by Gasteiger charge is 2.20. The van der Waals surface area contributed by atoms with Crippen molar-refractivity contribution in [1.29, 1.82) is 0 Å². The number of phosphoric ester groups is 1. The Bertz CT molecular complexity index is 1160. The highest BCUT2D eigenvalue weighted by molar-refractivity contribution is 7.45. The van der Waals surface area contributed by atoms with Crippen LogP contribution in [0.1, 0.15) is 15.9 Å². The molecule has 140 valence electrons. The summed E-state index contributed by atoms with van der Waals surface area (Å²) in [4.78, 5) is 43.7. The van der Waals surface area contributed by atoms with Gasteiger partial charge in [-0.25, -0.2) is 9.18 Å². The molecule has 0 amide bonds. The Morgan fingerprint density at radius 1 is 1.19 bits per heavy atom. The van der Waals surface area contributed by atoms with E-state index in [0.717, 1.165) is 30.3 Å². The molecule has 1 heterocycles. The number of carbonyl (C=O) groups is 1. The van der Waals surface area contributed by atoms with Crippen LogP contribution in [0.5, 0.6) is 11.5 Å². The normalized spacial score (nSPS) is 13.3. The third-order valence-corrected chi connectivity index (χ3v) is 3.92. The molecule has 0 fully saturated rings. The quantitative estimate of drug-likeness (QED) is 0.387. The first kappa shape index (κ1) is 18.7. The van der Waals surface area contributed by atoms with Crippen LogP contribution in [0.25, 0.3) is 11.0 Å². The molecule has 1 unspecified atom stereocenters. The Morgan fingerprint density at radius 2 is 1.81 bits per heavy atom. The van der Waals surface area contributed by atoms with Gasteiger partial charge in [-0.05, 0) is 36.4 Å². The largest absolute Gasteiger partial charge is 0.746 e. The Morgan fingerprint density at radius 3 is 2.41 bits per heavy atom. The third-order valence-electron chi connectivity index (χ3n) is 3.47. The summed E-state index contributed by atoms with van der Waals surface area (Å²) in [6.07, 6.45) is 0. The Hall–Kier alpha value is -3.07. The van der Waals surface area contributed by atoms with Gasteiger partial charge in [0.05, 0.1) is 0 Å². The van der Waals surface area contributed by atoms with Gasteiger partial charge >= 0.3 is 13.4 Å². The number of ketones is 1. The van der Waals surface area contributed by atoms with Crippen LogP contribution in [0.3, 0.4) is 0 Å². The molecule has 2 aromatic carbocycles. The number of hydrogen-bond acceptors (Lipinski definition) is 7. The van der Waals surface area contributed by atoms with E-state index in [0.29, 0.717) is 6.07 Å². The van der Waals surface area contributed by atoms with Gasteiger partial charge in [-0.15, -0.1) is 0 Å². The van der Waals surface area contributed by atoms with Crippen molar-refractivity contribution >= 4 is 24.6 Å². The lowest BCUT2D eigenvalue weighted by Gasteiger charge is -2.16. The molecular formula is C16H8F2O8P-. The first-order valence-electron chi connectivity index (χ1n) is 7.10. The molecule has 1 aromatic heterocycles. The molecule has 8 nitrogen and oxygen atoms in total. The highest BCUT2D eigenvalue weighted by Crippen LogP contribution is 2.33. The van der Waals surface area contributed by atoms with Gasteiger partial charge in [0, 0.05) is 10.9 Å². The van der Waals surface area contributed by atoms with E-state index in [1.54, 1.807) is 0 Å². The van der Waals surface area contributed by atoms with Gasteiger partial charge in [0.15, 0.2) is 22.9 Å². The molecule has 3 aromatic rings. The molecule has 3 rings (SSSR count). The SMILES string of the molecule is O=C(c1ccc(OP(=O)([O-])O)cc1)c1cc2cc(F)c(O)c(F)c2oc1=O. The van der Waals surface area contributed by atoms with Gasteiger partial charge in [-0.3, -0.25) is 9.36 Å². The number of phosphoric acid groups is 1. The minimum atomic E-state index is -5.02. The zero-order chi connectivity index (χ0) is 19.9. The van der Waals surface area contributed by atoms with E-state index in [2.05, 4.69) is 8.94 Å². The van der Waals surface area contributed by atoms with Crippen molar-refractivity contribution in [1.82, 2.24) is 0 Å². The van der Waals surface area contributed by atoms with E-state index in [1.807, 2.05) is 0 Å². The lowest BCUT2D eigenvalue weighted by molar-refractivity contribution is -0.211. The smallest absolute Gasteiger partial charge is 0.347 e. The third kappa shape index (κ3) is 3.72. The van der Waals surface area contributed by atoms with Crippen LogP contribution in [0, 0.1) is 11.6 Å². The van der Waals surface area contributed by atoms with Crippen LogP contribution in [0.15, 0.2) is 45.6 Å². The summed E-state index contributed by atoms with van der Waals surface area (Å²) in [7, 11) is -5.02. The van der Waals surface area contributed by atoms with Gasteiger partial charge in [0.25, 0.3) is 0 Å². The number of hydrogen-bond donors (Lipinski definition) is 2. The molecule has 0 aliphatic rings. The molecule has 1 atom stereocenters. The Balaban J connectivity index is 2.03. The monoisotopic (exact) mass is 397 g/mol. The summed E-state index contributed by atoms with van der Waals surface area (Å²) in [5.41, 5.74) is -2.57. The number of fused-ring (bicyclic) bond motifs is 1. The van der Waals surface area contributed by atoms with Crippen LogP contribution in [-0.4, -0.2) is 15.8 Å². The van der Waals surface area contributed by atoms with E-state index < -0.39 is 47.8 Å². The molecule has 0 radical (unpaired) electrons. The molecule has 2 N–H and O–H groups in total. The van der Waals surface area contributed by atoms with Crippen LogP contribution in [-0.2, 0) is 4.57 Å². The number of phenolic OH excluding ortho intramolecular Hbond substituents is 1. The van der Waals surface area contributed by atoms with Crippen molar-refractivity contribution in [2.24, 2.45) is 0 Å². The highest BCUT2D eigenvalue weighted by atomic mass is 31.2. The molecule has 0 aliphatic heterocycles. The van der Waals surface area contributed by atoms with E-state index in [1.165, 1.54) is 0 Å². The molecule has 0 spiro atoms. The fourth-order valence-corrected chi connectivity index (χ4v) is 2.68. The average Bonchev–Trinajstić information content (AvgIpc) is 2.59. The average molecular weight is 397 g/mol. The van der Waals surface area contributed by atoms with Gasteiger partial charge < -0.3 is 23.8 Å². The van der Waals surface area contributed by atoms with Gasteiger partial charge in [0.1, 0.15) is 11.3 Å². The second-order valence-corrected chi connectivity index (χ2v) is 6.42. The second kappa shape index (κ2) is 6.58. The minimum absolute atomic E-state index is 0.0904. The van der Waals surface area contributed by atoms with Crippen LogP contribution in [0.4, 0.5) is 8.78 Å². The summed E-state index contributed by atoms with van der Waals surface area (Å²) < 4.78 is 46.8. The zero-order valence-electron chi connectivity index (χ0n) is 13.0. The Kier molecular flexibility index (Phi) is 4.56. The van der Waals surface area contributed by atoms with Crippen molar-refractivity contribution in [2.75, 3.05) is 0 Å². The molecule has 0 aliphatic carbocycles. The van der Waals surface area contributed by atoms with Crippen molar-refractivity contribution in [3.05, 3.63) is 69.6 Å². The maximum Gasteiger partial charge on any atom is 0.347 e. The fraction of sp³-hybridized carbons (Fsp3) is 0. The zero-order valence-corrected chi connectivity index (χ0v) is 13.9. The van der Waals surface area contributed by atoms with Crippen LogP contribution >= 0.6 is 7.82 Å². The van der Waals surface area contributed by atoms with Crippen molar-refractivity contribution < 1.29 is 42.0 Å². The molecule has 0 saturated carbocycles. The van der Waals surface area contributed by atoms with Crippen molar-refractivity contribution in [3.8, 4) is 11.5 Å². The number of halogens is 2. The number of phenols is 1. The Labute approximate surface area is 148 Å². The van der Waals surface area contributed by atoms with Gasteiger partial charge in [0.2, 0.25) is 5.82 Å². The maximum atomic E-state index is 13.8. The molecule has 11 heteroatoms. The summed E-state index contributed by atoms with van der Waals surface area (Å²) in [6.45, 7) is 0. The lowest BCUT2D eigenvalue weighted by Crippen LogP contribution is -2.15. The number of aromatic hydroxyl groups is 1. The lowest BCUT2D eigenvalue weighted by atomic mass is 10.0. The molecule has 27 heavy (non-hydrogen) atoms. The number of benzene rings is 2. The van der Waals surface area contributed by atoms with E-state index in [9.17, 15) is 32.9 Å². The van der Waals surface area contributed by atoms with Gasteiger partial charge in [-0.1, -0.05) is 0 Å². The van der Waals surface area contributed by atoms with Crippen LogP contribution in [0.2, 0.25) is 0 Å². The standard InChI is InChI=1S/C16H9F2O8P/c17-11-6-8-5-10(16(21)25-15(8)12(18)14(11)20)13(19)7-1-3-9(4-2-7)26-27(22,23)24/h1-6,20H,(H2,22,23,24)/p-1. The molecular weight excluding hydrogens is 389 g/mol. The maximum absolute atomic E-state index is 13.8. The van der Waals surface area contributed by atoms with Gasteiger partial charge in [-0.2, -0.15) is 4.39 Å². The molecule has 0 bridgehead atoms. The topological polar surface area (TPSA) is 137 Å². The minimum Gasteiger partial charge on any atom is -0.746 e. The predicted molar refractivity (Wildman–Crippen MR) is 84.4 cm³/mol. The van der Waals surface area contributed by atoms with Crippen molar-refractivity contribution in [3.63, 3.8) is 0 Å². The molecule has 0 saturated heterocycles. The predicted octanol–water partition coefficient (Wildman–Crippen LogP) is 1.85. The van der Waals surface area contributed by atoms with E-state index in [-0.39, 0.29) is 16.7 Å². The summed E-state index contributed by atoms with van der Waals surface area (Å²) in [5.74, 6) is -5.26. The summed E-state index contributed by atoms with van der Waals surface area (Å²) >= 11 is 0. The van der Waals surface area contributed by atoms with Crippen molar-refractivity contribution in [2.45, 2.75) is 0 Å². The fourth-order valence-electron chi connectivity index (χ4n) is 2.30. The van der Waals surface area contributed by atoms with E-state index >= 15 is 0 Å².